The van der Waals surface area contributed by atoms with E-state index in [1.165, 1.54) is 23.3 Å². The predicted octanol–water partition coefficient (Wildman–Crippen LogP) is 6.01. The van der Waals surface area contributed by atoms with E-state index in [2.05, 4.69) is 52.3 Å². The first-order chi connectivity index (χ1) is 13.4. The highest BCUT2D eigenvalue weighted by atomic mass is 79.9. The van der Waals surface area contributed by atoms with Gasteiger partial charge in [-0.25, -0.2) is 9.59 Å². The summed E-state index contributed by atoms with van der Waals surface area (Å²) in [5.74, 6) is -2.29. The van der Waals surface area contributed by atoms with Crippen LogP contribution in [0.5, 0.6) is 0 Å². The molecule has 0 saturated carbocycles. The number of hydrogen-bond donors (Lipinski definition) is 2. The third kappa shape index (κ3) is 5.93. The number of aryl methyl sites for hydroxylation is 1. The molecule has 4 nitrogen and oxygen atoms in total. The standard InChI is InChI=1S/C14H12.C9H7BrO4/c1-3-7-13(8-4-1)11-12-14-9-5-2-6-10-14;1-4-2-3-5(8(11)12)7(10)6(4)9(13)14/h1-12H;2-3H,1H3,(H,11,12)(H,13,14). The van der Waals surface area contributed by atoms with Gasteiger partial charge in [0.05, 0.1) is 11.1 Å². The van der Waals surface area contributed by atoms with E-state index in [9.17, 15) is 9.59 Å². The zero-order valence-corrected chi connectivity index (χ0v) is 16.8. The second-order valence-corrected chi connectivity index (χ2v) is 6.68. The van der Waals surface area contributed by atoms with Gasteiger partial charge in [0.2, 0.25) is 0 Å². The van der Waals surface area contributed by atoms with E-state index in [4.69, 9.17) is 10.2 Å². The molecule has 0 aliphatic carbocycles. The second-order valence-electron chi connectivity index (χ2n) is 5.88. The molecule has 0 unspecified atom stereocenters. The van der Waals surface area contributed by atoms with Crippen LogP contribution < -0.4 is 0 Å². The predicted molar refractivity (Wildman–Crippen MR) is 115 cm³/mol. The fourth-order valence-electron chi connectivity index (χ4n) is 2.42. The van der Waals surface area contributed by atoms with Crippen LogP contribution in [0.2, 0.25) is 0 Å². The van der Waals surface area contributed by atoms with Crippen LogP contribution in [0.1, 0.15) is 37.4 Å². The van der Waals surface area contributed by atoms with Gasteiger partial charge in [-0.1, -0.05) is 78.9 Å². The smallest absolute Gasteiger partial charge is 0.337 e. The van der Waals surface area contributed by atoms with Crippen molar-refractivity contribution in [3.8, 4) is 0 Å². The molecule has 3 rings (SSSR count). The number of hydrogen-bond acceptors (Lipinski definition) is 2. The summed E-state index contributed by atoms with van der Waals surface area (Å²) in [4.78, 5) is 21.5. The molecule has 0 aliphatic rings. The topological polar surface area (TPSA) is 74.6 Å². The van der Waals surface area contributed by atoms with Gasteiger partial charge < -0.3 is 10.2 Å². The quantitative estimate of drug-likeness (QED) is 0.488. The Labute approximate surface area is 171 Å². The van der Waals surface area contributed by atoms with Crippen molar-refractivity contribution in [1.29, 1.82) is 0 Å². The molecule has 5 heteroatoms. The molecule has 0 aliphatic heterocycles. The normalized spacial score (nSPS) is 10.2. The van der Waals surface area contributed by atoms with Crippen molar-refractivity contribution in [2.45, 2.75) is 6.92 Å². The second kappa shape index (κ2) is 10.2. The number of rotatable bonds is 4. The summed E-state index contributed by atoms with van der Waals surface area (Å²) in [6.07, 6.45) is 4.24. The Hall–Kier alpha value is -3.18. The highest BCUT2D eigenvalue weighted by Gasteiger charge is 2.18. The van der Waals surface area contributed by atoms with E-state index in [0.717, 1.165) is 0 Å². The summed E-state index contributed by atoms with van der Waals surface area (Å²) in [7, 11) is 0. The van der Waals surface area contributed by atoms with Crippen molar-refractivity contribution >= 4 is 40.0 Å². The molecular formula is C23H19BrO4. The minimum absolute atomic E-state index is 0.00935. The number of carboxylic acid groups (broad SMARTS) is 2. The van der Waals surface area contributed by atoms with Gasteiger partial charge in [0.15, 0.2) is 0 Å². The van der Waals surface area contributed by atoms with E-state index in [1.54, 1.807) is 6.92 Å². The van der Waals surface area contributed by atoms with Crippen LogP contribution in [0.4, 0.5) is 0 Å². The maximum atomic E-state index is 10.8. The van der Waals surface area contributed by atoms with Crippen molar-refractivity contribution in [3.63, 3.8) is 0 Å². The van der Waals surface area contributed by atoms with Gasteiger partial charge >= 0.3 is 11.9 Å². The first kappa shape index (κ1) is 21.1. The van der Waals surface area contributed by atoms with Crippen LogP contribution in [-0.4, -0.2) is 22.2 Å². The number of halogens is 1. The summed E-state index contributed by atoms with van der Waals surface area (Å²) in [5, 5.41) is 17.6. The van der Waals surface area contributed by atoms with Crippen molar-refractivity contribution in [2.75, 3.05) is 0 Å². The number of carboxylic acids is 2. The third-order valence-corrected chi connectivity index (χ3v) is 4.69. The minimum atomic E-state index is -1.15. The van der Waals surface area contributed by atoms with Gasteiger partial charge in [-0.05, 0) is 45.6 Å². The molecule has 28 heavy (non-hydrogen) atoms. The van der Waals surface area contributed by atoms with E-state index in [-0.39, 0.29) is 15.6 Å². The SMILES string of the molecule is C(=Cc1ccccc1)c1ccccc1.Cc1ccc(C(=O)O)c(Br)c1C(=O)O. The van der Waals surface area contributed by atoms with E-state index in [0.29, 0.717) is 5.56 Å². The van der Waals surface area contributed by atoms with Gasteiger partial charge in [0.1, 0.15) is 0 Å². The molecule has 0 aromatic heterocycles. The monoisotopic (exact) mass is 438 g/mol. The zero-order valence-electron chi connectivity index (χ0n) is 15.2. The van der Waals surface area contributed by atoms with Crippen LogP contribution in [0.15, 0.2) is 77.3 Å². The lowest BCUT2D eigenvalue weighted by Crippen LogP contribution is -2.06. The average Bonchev–Trinajstić information content (AvgIpc) is 2.68. The molecular weight excluding hydrogens is 420 g/mol. The van der Waals surface area contributed by atoms with E-state index < -0.39 is 11.9 Å². The Bertz CT molecular complexity index is 939. The summed E-state index contributed by atoms with van der Waals surface area (Å²) < 4.78 is 0.109. The number of aromatic carboxylic acids is 2. The Morgan fingerprint density at radius 2 is 1.21 bits per heavy atom. The first-order valence-electron chi connectivity index (χ1n) is 8.44. The molecule has 0 atom stereocenters. The largest absolute Gasteiger partial charge is 0.478 e. The van der Waals surface area contributed by atoms with Gasteiger partial charge in [0, 0.05) is 4.47 Å². The third-order valence-electron chi connectivity index (χ3n) is 3.86. The number of benzene rings is 3. The molecule has 0 amide bonds. The van der Waals surface area contributed by atoms with Crippen LogP contribution in [0.25, 0.3) is 12.2 Å². The molecule has 0 saturated heterocycles. The van der Waals surface area contributed by atoms with Crippen molar-refractivity contribution in [2.24, 2.45) is 0 Å². The molecule has 3 aromatic rings. The van der Waals surface area contributed by atoms with Crippen molar-refractivity contribution in [1.82, 2.24) is 0 Å². The fourth-order valence-corrected chi connectivity index (χ4v) is 3.21. The lowest BCUT2D eigenvalue weighted by Gasteiger charge is -2.06. The van der Waals surface area contributed by atoms with E-state index >= 15 is 0 Å². The average molecular weight is 439 g/mol. The lowest BCUT2D eigenvalue weighted by atomic mass is 10.1. The first-order valence-corrected chi connectivity index (χ1v) is 9.23. The summed E-state index contributed by atoms with van der Waals surface area (Å²) in [5.41, 5.74) is 2.93. The molecule has 0 bridgehead atoms. The van der Waals surface area contributed by atoms with Gasteiger partial charge in [0.25, 0.3) is 0 Å². The summed E-state index contributed by atoms with van der Waals surface area (Å²) >= 11 is 2.97. The summed E-state index contributed by atoms with van der Waals surface area (Å²) in [6, 6.07) is 23.5. The highest BCUT2D eigenvalue weighted by molar-refractivity contribution is 9.10. The van der Waals surface area contributed by atoms with Gasteiger partial charge in [-0.15, -0.1) is 0 Å². The van der Waals surface area contributed by atoms with Crippen molar-refractivity contribution < 1.29 is 19.8 Å². The zero-order chi connectivity index (χ0) is 20.5. The molecule has 0 fully saturated rings. The Morgan fingerprint density at radius 1 is 0.750 bits per heavy atom. The Balaban J connectivity index is 0.000000200. The summed E-state index contributed by atoms with van der Waals surface area (Å²) in [6.45, 7) is 1.61. The molecule has 0 heterocycles. The Morgan fingerprint density at radius 3 is 1.61 bits per heavy atom. The fraction of sp³-hybridized carbons (Fsp3) is 0.0435. The van der Waals surface area contributed by atoms with Gasteiger partial charge in [-0.2, -0.15) is 0 Å². The van der Waals surface area contributed by atoms with Crippen LogP contribution >= 0.6 is 15.9 Å². The molecule has 0 spiro atoms. The van der Waals surface area contributed by atoms with Crippen molar-refractivity contribution in [3.05, 3.63) is 105 Å². The molecule has 0 radical (unpaired) electrons. The Kier molecular flexibility index (Phi) is 7.72. The molecule has 3 aromatic carbocycles. The number of carbonyl (C=O) groups is 2. The maximum absolute atomic E-state index is 10.8. The molecule has 2 N–H and O–H groups in total. The maximum Gasteiger partial charge on any atom is 0.337 e. The van der Waals surface area contributed by atoms with E-state index in [1.807, 2.05) is 36.4 Å². The van der Waals surface area contributed by atoms with Gasteiger partial charge in [-0.3, -0.25) is 0 Å². The molecule has 142 valence electrons. The van der Waals surface area contributed by atoms with Crippen LogP contribution in [0, 0.1) is 6.92 Å². The van der Waals surface area contributed by atoms with Crippen LogP contribution in [0.3, 0.4) is 0 Å². The van der Waals surface area contributed by atoms with Crippen LogP contribution in [-0.2, 0) is 0 Å². The lowest BCUT2D eigenvalue weighted by molar-refractivity contribution is 0.0695. The highest BCUT2D eigenvalue weighted by Crippen LogP contribution is 2.25. The minimum Gasteiger partial charge on any atom is -0.478 e.